The first-order chi connectivity index (χ1) is 14.1. The van der Waals surface area contributed by atoms with Crippen LogP contribution in [0.1, 0.15) is 78.6 Å². The van der Waals surface area contributed by atoms with Gasteiger partial charge in [-0.15, -0.1) is 11.6 Å². The number of esters is 1. The molecule has 0 saturated heterocycles. The molecule has 0 aromatic carbocycles. The van der Waals surface area contributed by atoms with Crippen LogP contribution in [0.3, 0.4) is 0 Å². The number of alkyl halides is 1. The fraction of sp³-hybridized carbons (Fsp3) is 0.875. The molecule has 0 spiro atoms. The molecule has 30 heavy (non-hydrogen) atoms. The molecule has 0 aromatic heterocycles. The zero-order valence-corrected chi connectivity index (χ0v) is 19.2. The fourth-order valence-corrected chi connectivity index (χ4v) is 8.43. The number of ether oxygens (including phenoxy) is 1. The Labute approximate surface area is 184 Å². The Kier molecular flexibility index (Phi) is 5.63. The van der Waals surface area contributed by atoms with E-state index >= 15 is 0 Å². The molecule has 4 aliphatic rings. The number of halogens is 1. The SMILES string of the molecule is CCC(=O)O[C@@]1(C(=O)CCl)CC[C@H]2[C@@H]3CC[C@@H]4CC(=O)CC[C@]4(C)[C@H]3[C@@H](O)C[C@@]21C. The van der Waals surface area contributed by atoms with Crippen molar-refractivity contribution in [2.45, 2.75) is 90.3 Å². The Morgan fingerprint density at radius 1 is 1.20 bits per heavy atom. The summed E-state index contributed by atoms with van der Waals surface area (Å²) >= 11 is 6.01. The number of aliphatic hydroxyl groups is 1. The minimum absolute atomic E-state index is 0.0422. The molecule has 0 unspecified atom stereocenters. The lowest BCUT2D eigenvalue weighted by Crippen LogP contribution is -2.64. The van der Waals surface area contributed by atoms with Crippen molar-refractivity contribution in [1.82, 2.24) is 0 Å². The average Bonchev–Trinajstić information content (AvgIpc) is 3.00. The van der Waals surface area contributed by atoms with E-state index in [9.17, 15) is 19.5 Å². The number of hydrogen-bond acceptors (Lipinski definition) is 5. The third kappa shape index (κ3) is 2.94. The van der Waals surface area contributed by atoms with E-state index in [2.05, 4.69) is 6.92 Å². The topological polar surface area (TPSA) is 80.7 Å². The van der Waals surface area contributed by atoms with Gasteiger partial charge in [0.1, 0.15) is 5.78 Å². The lowest BCUT2D eigenvalue weighted by Gasteiger charge is -2.62. The Morgan fingerprint density at radius 2 is 1.93 bits per heavy atom. The first kappa shape index (κ1) is 22.3. The number of fused-ring (bicyclic) bond motifs is 5. The molecule has 4 saturated carbocycles. The van der Waals surface area contributed by atoms with E-state index in [-0.39, 0.29) is 47.2 Å². The molecular formula is C24H35ClO5. The fourth-order valence-electron chi connectivity index (χ4n) is 8.22. The minimum atomic E-state index is -1.24. The second-order valence-electron chi connectivity index (χ2n) is 10.8. The van der Waals surface area contributed by atoms with Gasteiger partial charge in [0.25, 0.3) is 0 Å². The van der Waals surface area contributed by atoms with Crippen molar-refractivity contribution in [2.75, 3.05) is 5.88 Å². The first-order valence-electron chi connectivity index (χ1n) is 11.6. The molecule has 4 fully saturated rings. The van der Waals surface area contributed by atoms with Crippen LogP contribution in [0.2, 0.25) is 0 Å². The Morgan fingerprint density at radius 3 is 2.60 bits per heavy atom. The van der Waals surface area contributed by atoms with E-state index in [1.165, 1.54) is 0 Å². The zero-order chi connectivity index (χ0) is 21.9. The van der Waals surface area contributed by atoms with E-state index < -0.39 is 17.1 Å². The summed E-state index contributed by atoms with van der Waals surface area (Å²) in [5, 5.41) is 11.5. The number of ketones is 2. The molecular weight excluding hydrogens is 404 g/mol. The van der Waals surface area contributed by atoms with E-state index in [1.807, 2.05) is 6.92 Å². The van der Waals surface area contributed by atoms with Crippen molar-refractivity contribution in [3.63, 3.8) is 0 Å². The van der Waals surface area contributed by atoms with Gasteiger partial charge in [-0.05, 0) is 67.6 Å². The molecule has 8 atom stereocenters. The summed E-state index contributed by atoms with van der Waals surface area (Å²) in [6.45, 7) is 6.04. The smallest absolute Gasteiger partial charge is 0.306 e. The molecule has 6 heteroatoms. The molecule has 4 rings (SSSR count). The normalized spacial score (nSPS) is 47.8. The van der Waals surface area contributed by atoms with Gasteiger partial charge in [0, 0.05) is 24.7 Å². The maximum Gasteiger partial charge on any atom is 0.306 e. The van der Waals surface area contributed by atoms with Gasteiger partial charge in [0.05, 0.1) is 12.0 Å². The summed E-state index contributed by atoms with van der Waals surface area (Å²) in [5.41, 5.74) is -1.89. The van der Waals surface area contributed by atoms with Crippen LogP contribution in [-0.2, 0) is 19.1 Å². The second-order valence-corrected chi connectivity index (χ2v) is 11.0. The summed E-state index contributed by atoms with van der Waals surface area (Å²) in [4.78, 5) is 37.5. The van der Waals surface area contributed by atoms with Crippen LogP contribution in [0.25, 0.3) is 0 Å². The second kappa shape index (κ2) is 7.58. The van der Waals surface area contributed by atoms with Gasteiger partial charge in [-0.3, -0.25) is 14.4 Å². The molecule has 0 radical (unpaired) electrons. The Hall–Kier alpha value is -0.940. The van der Waals surface area contributed by atoms with Gasteiger partial charge >= 0.3 is 5.97 Å². The molecule has 0 aromatic rings. The van der Waals surface area contributed by atoms with Crippen molar-refractivity contribution in [1.29, 1.82) is 0 Å². The summed E-state index contributed by atoms with van der Waals surface area (Å²) in [6, 6.07) is 0. The maximum absolute atomic E-state index is 13.1. The summed E-state index contributed by atoms with van der Waals surface area (Å²) in [5.74, 6) is 0.504. The van der Waals surface area contributed by atoms with Crippen LogP contribution in [-0.4, -0.2) is 40.2 Å². The lowest BCUT2D eigenvalue weighted by atomic mass is 9.43. The molecule has 0 amide bonds. The number of rotatable bonds is 4. The largest absolute Gasteiger partial charge is 0.450 e. The van der Waals surface area contributed by atoms with Gasteiger partial charge in [-0.1, -0.05) is 20.8 Å². The summed E-state index contributed by atoms with van der Waals surface area (Å²) in [7, 11) is 0. The highest BCUT2D eigenvalue weighted by Crippen LogP contribution is 2.68. The molecule has 168 valence electrons. The maximum atomic E-state index is 13.1. The van der Waals surface area contributed by atoms with Crippen LogP contribution in [0.4, 0.5) is 0 Å². The predicted octanol–water partition coefficient (Wildman–Crippen LogP) is 4.07. The van der Waals surface area contributed by atoms with Gasteiger partial charge in [-0.25, -0.2) is 0 Å². The predicted molar refractivity (Wildman–Crippen MR) is 113 cm³/mol. The highest BCUT2D eigenvalue weighted by atomic mass is 35.5. The zero-order valence-electron chi connectivity index (χ0n) is 18.4. The van der Waals surface area contributed by atoms with Crippen LogP contribution >= 0.6 is 11.6 Å². The lowest BCUT2D eigenvalue weighted by molar-refractivity contribution is -0.209. The quantitative estimate of drug-likeness (QED) is 0.528. The van der Waals surface area contributed by atoms with Gasteiger partial charge < -0.3 is 9.84 Å². The number of hydrogen-bond donors (Lipinski definition) is 1. The first-order valence-corrected chi connectivity index (χ1v) is 12.2. The van der Waals surface area contributed by atoms with Crippen LogP contribution < -0.4 is 0 Å². The average molecular weight is 439 g/mol. The van der Waals surface area contributed by atoms with Crippen molar-refractivity contribution in [3.05, 3.63) is 0 Å². The van der Waals surface area contributed by atoms with Crippen LogP contribution in [0.15, 0.2) is 0 Å². The number of Topliss-reactive ketones (excluding diaryl/α,β-unsaturated/α-hetero) is 2. The summed E-state index contributed by atoms with van der Waals surface area (Å²) < 4.78 is 5.92. The van der Waals surface area contributed by atoms with E-state index in [4.69, 9.17) is 16.3 Å². The van der Waals surface area contributed by atoms with Crippen molar-refractivity contribution >= 4 is 29.1 Å². The highest BCUT2D eigenvalue weighted by Gasteiger charge is 2.70. The van der Waals surface area contributed by atoms with E-state index in [0.717, 1.165) is 25.7 Å². The molecule has 1 N–H and O–H groups in total. The standard InChI is InChI=1S/C24H35ClO5/c1-4-20(29)30-24(19(28)13-25)10-8-17-16-6-5-14-11-15(26)7-9-22(14,2)21(16)18(27)12-23(17,24)3/h14,16-18,21,27H,4-13H2,1-3H3/t14-,16+,17+,18+,21-,22+,23+,24-/m1/s1. The monoisotopic (exact) mass is 438 g/mol. The molecule has 4 aliphatic carbocycles. The van der Waals surface area contributed by atoms with E-state index in [1.54, 1.807) is 6.92 Å². The molecule has 0 bridgehead atoms. The van der Waals surface area contributed by atoms with Crippen molar-refractivity contribution < 1.29 is 24.2 Å². The third-order valence-electron chi connectivity index (χ3n) is 9.68. The number of aliphatic hydroxyl groups excluding tert-OH is 1. The molecule has 0 heterocycles. The Balaban J connectivity index is 1.72. The van der Waals surface area contributed by atoms with Gasteiger partial charge in [0.2, 0.25) is 0 Å². The summed E-state index contributed by atoms with van der Waals surface area (Å²) in [6.07, 6.45) is 5.41. The highest BCUT2D eigenvalue weighted by molar-refractivity contribution is 6.29. The van der Waals surface area contributed by atoms with Crippen LogP contribution in [0.5, 0.6) is 0 Å². The van der Waals surface area contributed by atoms with Crippen LogP contribution in [0, 0.1) is 34.5 Å². The minimum Gasteiger partial charge on any atom is -0.450 e. The number of carbonyl (C=O) groups is 3. The van der Waals surface area contributed by atoms with Gasteiger partial charge in [0.15, 0.2) is 11.4 Å². The third-order valence-corrected chi connectivity index (χ3v) is 9.92. The Bertz CT molecular complexity index is 752. The van der Waals surface area contributed by atoms with Gasteiger partial charge in [-0.2, -0.15) is 0 Å². The molecule has 0 aliphatic heterocycles. The number of carbonyl (C=O) groups excluding carboxylic acids is 3. The molecule has 5 nitrogen and oxygen atoms in total. The van der Waals surface area contributed by atoms with Crippen molar-refractivity contribution in [3.8, 4) is 0 Å². The van der Waals surface area contributed by atoms with Crippen molar-refractivity contribution in [2.24, 2.45) is 34.5 Å². The van der Waals surface area contributed by atoms with E-state index in [0.29, 0.717) is 37.4 Å².